The molecule has 1 aromatic carbocycles. The minimum atomic E-state index is 0.190. The highest BCUT2D eigenvalue weighted by atomic mass is 16.5. The first-order valence-corrected chi connectivity index (χ1v) is 7.03. The van der Waals surface area contributed by atoms with E-state index in [1.54, 1.807) is 18.3 Å². The summed E-state index contributed by atoms with van der Waals surface area (Å²) in [6, 6.07) is 7.45. The maximum Gasteiger partial charge on any atom is 0.134 e. The number of fused-ring (bicyclic) bond motifs is 1. The SMILES string of the molecule is CCOCC(Nc1nccc2ccc(O)cc12)C(C)C. The summed E-state index contributed by atoms with van der Waals surface area (Å²) in [4.78, 5) is 4.40. The average Bonchev–Trinajstić information content (AvgIpc) is 2.43. The van der Waals surface area contributed by atoms with Crippen molar-refractivity contribution in [1.82, 2.24) is 4.98 Å². The van der Waals surface area contributed by atoms with Crippen molar-refractivity contribution in [1.29, 1.82) is 0 Å². The molecule has 0 radical (unpaired) electrons. The second-order valence-electron chi connectivity index (χ2n) is 5.22. The van der Waals surface area contributed by atoms with Crippen LogP contribution in [-0.4, -0.2) is 29.3 Å². The number of aromatic hydroxyl groups is 1. The van der Waals surface area contributed by atoms with Gasteiger partial charge in [0.15, 0.2) is 0 Å². The Hall–Kier alpha value is -1.81. The van der Waals surface area contributed by atoms with Gasteiger partial charge in [0.25, 0.3) is 0 Å². The summed E-state index contributed by atoms with van der Waals surface area (Å²) in [6.07, 6.45) is 1.78. The van der Waals surface area contributed by atoms with E-state index >= 15 is 0 Å². The van der Waals surface area contributed by atoms with Crippen LogP contribution in [0.25, 0.3) is 10.8 Å². The second kappa shape index (κ2) is 6.57. The lowest BCUT2D eigenvalue weighted by Crippen LogP contribution is -2.31. The fourth-order valence-corrected chi connectivity index (χ4v) is 2.09. The number of hydrogen-bond acceptors (Lipinski definition) is 4. The van der Waals surface area contributed by atoms with Crippen LogP contribution in [0.3, 0.4) is 0 Å². The maximum atomic E-state index is 9.66. The maximum absolute atomic E-state index is 9.66. The quantitative estimate of drug-likeness (QED) is 0.847. The van der Waals surface area contributed by atoms with Gasteiger partial charge in [-0.15, -0.1) is 0 Å². The van der Waals surface area contributed by atoms with Crippen molar-refractivity contribution < 1.29 is 9.84 Å². The predicted molar refractivity (Wildman–Crippen MR) is 82.1 cm³/mol. The summed E-state index contributed by atoms with van der Waals surface area (Å²) in [5.41, 5.74) is 0. The molecule has 108 valence electrons. The molecular weight excluding hydrogens is 252 g/mol. The smallest absolute Gasteiger partial charge is 0.134 e. The topological polar surface area (TPSA) is 54.4 Å². The number of phenols is 1. The Morgan fingerprint density at radius 2 is 2.10 bits per heavy atom. The van der Waals surface area contributed by atoms with Gasteiger partial charge in [-0.3, -0.25) is 0 Å². The Bertz CT molecular complexity index is 569. The van der Waals surface area contributed by atoms with E-state index in [-0.39, 0.29) is 11.8 Å². The third-order valence-corrected chi connectivity index (χ3v) is 3.38. The molecule has 0 amide bonds. The Morgan fingerprint density at radius 1 is 1.30 bits per heavy atom. The minimum absolute atomic E-state index is 0.190. The molecule has 4 heteroatoms. The summed E-state index contributed by atoms with van der Waals surface area (Å²) >= 11 is 0. The number of rotatable bonds is 6. The van der Waals surface area contributed by atoms with Crippen molar-refractivity contribution in [3.8, 4) is 5.75 Å². The van der Waals surface area contributed by atoms with E-state index in [2.05, 4.69) is 24.1 Å². The first-order chi connectivity index (χ1) is 9.61. The fraction of sp³-hybridized carbons (Fsp3) is 0.438. The number of ether oxygens (including phenoxy) is 1. The average molecular weight is 274 g/mol. The molecule has 2 aromatic rings. The summed E-state index contributed by atoms with van der Waals surface area (Å²) in [5.74, 6) is 1.46. The molecule has 0 saturated heterocycles. The summed E-state index contributed by atoms with van der Waals surface area (Å²) < 4.78 is 5.53. The molecule has 1 atom stereocenters. The van der Waals surface area contributed by atoms with E-state index in [9.17, 15) is 5.11 Å². The Morgan fingerprint density at radius 3 is 2.80 bits per heavy atom. The highest BCUT2D eigenvalue weighted by Crippen LogP contribution is 2.26. The molecule has 1 heterocycles. The van der Waals surface area contributed by atoms with Gasteiger partial charge in [0.05, 0.1) is 12.6 Å². The zero-order valence-corrected chi connectivity index (χ0v) is 12.3. The summed E-state index contributed by atoms with van der Waals surface area (Å²) in [5, 5.41) is 15.1. The van der Waals surface area contributed by atoms with E-state index in [0.717, 1.165) is 16.6 Å². The van der Waals surface area contributed by atoms with E-state index in [4.69, 9.17) is 4.74 Å². The molecule has 0 aliphatic heterocycles. The zero-order valence-electron chi connectivity index (χ0n) is 12.3. The number of benzene rings is 1. The molecule has 20 heavy (non-hydrogen) atoms. The normalized spacial score (nSPS) is 12.8. The van der Waals surface area contributed by atoms with Crippen LogP contribution in [0.5, 0.6) is 5.75 Å². The van der Waals surface area contributed by atoms with E-state index < -0.39 is 0 Å². The van der Waals surface area contributed by atoms with Crippen molar-refractivity contribution >= 4 is 16.6 Å². The van der Waals surface area contributed by atoms with E-state index in [1.807, 2.05) is 19.1 Å². The van der Waals surface area contributed by atoms with Gasteiger partial charge in [-0.1, -0.05) is 19.9 Å². The molecule has 0 spiro atoms. The number of aromatic nitrogens is 1. The molecule has 2 N–H and O–H groups in total. The lowest BCUT2D eigenvalue weighted by molar-refractivity contribution is 0.126. The number of nitrogens with one attached hydrogen (secondary N) is 1. The van der Waals surface area contributed by atoms with Gasteiger partial charge in [-0.2, -0.15) is 0 Å². The largest absolute Gasteiger partial charge is 0.508 e. The van der Waals surface area contributed by atoms with Crippen LogP contribution in [0.15, 0.2) is 30.5 Å². The van der Waals surface area contributed by atoms with Crippen molar-refractivity contribution in [2.75, 3.05) is 18.5 Å². The van der Waals surface area contributed by atoms with Crippen molar-refractivity contribution in [3.63, 3.8) is 0 Å². The van der Waals surface area contributed by atoms with Crippen LogP contribution in [0.2, 0.25) is 0 Å². The summed E-state index contributed by atoms with van der Waals surface area (Å²) in [6.45, 7) is 7.64. The molecule has 1 aromatic heterocycles. The third kappa shape index (κ3) is 3.39. The molecule has 0 aliphatic carbocycles. The van der Waals surface area contributed by atoms with Crippen molar-refractivity contribution in [2.24, 2.45) is 5.92 Å². The van der Waals surface area contributed by atoms with Gasteiger partial charge in [0.1, 0.15) is 11.6 Å². The summed E-state index contributed by atoms with van der Waals surface area (Å²) in [7, 11) is 0. The number of pyridine rings is 1. The van der Waals surface area contributed by atoms with Crippen LogP contribution in [-0.2, 0) is 4.74 Å². The number of hydrogen-bond donors (Lipinski definition) is 2. The van der Waals surface area contributed by atoms with Gasteiger partial charge >= 0.3 is 0 Å². The Kier molecular flexibility index (Phi) is 4.79. The fourth-order valence-electron chi connectivity index (χ4n) is 2.09. The van der Waals surface area contributed by atoms with Gasteiger partial charge in [-0.05, 0) is 36.4 Å². The molecule has 4 nitrogen and oxygen atoms in total. The molecule has 2 rings (SSSR count). The van der Waals surface area contributed by atoms with Crippen LogP contribution in [0.4, 0.5) is 5.82 Å². The highest BCUT2D eigenvalue weighted by molar-refractivity contribution is 5.92. The van der Waals surface area contributed by atoms with Gasteiger partial charge in [-0.25, -0.2) is 4.98 Å². The van der Waals surface area contributed by atoms with Crippen LogP contribution in [0, 0.1) is 5.92 Å². The number of phenolic OH excluding ortho intramolecular Hbond substituents is 1. The Balaban J connectivity index is 2.29. The zero-order chi connectivity index (χ0) is 14.5. The lowest BCUT2D eigenvalue weighted by Gasteiger charge is -2.23. The lowest BCUT2D eigenvalue weighted by atomic mass is 10.0. The van der Waals surface area contributed by atoms with Crippen LogP contribution in [0.1, 0.15) is 20.8 Å². The molecule has 0 bridgehead atoms. The predicted octanol–water partition coefficient (Wildman–Crippen LogP) is 3.41. The molecule has 1 unspecified atom stereocenters. The van der Waals surface area contributed by atoms with E-state index in [0.29, 0.717) is 19.1 Å². The minimum Gasteiger partial charge on any atom is -0.508 e. The van der Waals surface area contributed by atoms with Gasteiger partial charge < -0.3 is 15.2 Å². The van der Waals surface area contributed by atoms with Crippen LogP contribution >= 0.6 is 0 Å². The monoisotopic (exact) mass is 274 g/mol. The van der Waals surface area contributed by atoms with Gasteiger partial charge in [0.2, 0.25) is 0 Å². The third-order valence-electron chi connectivity index (χ3n) is 3.38. The van der Waals surface area contributed by atoms with Gasteiger partial charge in [0, 0.05) is 18.2 Å². The second-order valence-corrected chi connectivity index (χ2v) is 5.22. The Labute approximate surface area is 119 Å². The van der Waals surface area contributed by atoms with Crippen molar-refractivity contribution in [3.05, 3.63) is 30.5 Å². The molecule has 0 saturated carbocycles. The van der Waals surface area contributed by atoms with E-state index in [1.165, 1.54) is 0 Å². The number of nitrogens with zero attached hydrogens (tertiary/aromatic N) is 1. The number of anilines is 1. The standard InChI is InChI=1S/C16H22N2O2/c1-4-20-10-15(11(2)3)18-16-14-9-13(19)6-5-12(14)7-8-17-16/h5-9,11,15,19H,4,10H2,1-3H3,(H,17,18). The molecule has 0 fully saturated rings. The van der Waals surface area contributed by atoms with Crippen LogP contribution < -0.4 is 5.32 Å². The molecular formula is C16H22N2O2. The van der Waals surface area contributed by atoms with Crippen molar-refractivity contribution in [2.45, 2.75) is 26.8 Å². The first kappa shape index (κ1) is 14.6. The highest BCUT2D eigenvalue weighted by Gasteiger charge is 2.15. The molecule has 0 aliphatic rings. The first-order valence-electron chi connectivity index (χ1n) is 7.03.